The lowest BCUT2D eigenvalue weighted by Crippen LogP contribution is -2.25. The van der Waals surface area contributed by atoms with Gasteiger partial charge in [-0.05, 0) is 61.4 Å². The molecule has 1 amide bonds. The van der Waals surface area contributed by atoms with Gasteiger partial charge in [0.2, 0.25) is 5.91 Å². The zero-order valence-electron chi connectivity index (χ0n) is 18.8. The molecule has 1 aliphatic carbocycles. The Hall–Kier alpha value is -2.97. The number of amides is 1. The summed E-state index contributed by atoms with van der Waals surface area (Å²) in [6.45, 7) is 2.30. The van der Waals surface area contributed by atoms with Crippen LogP contribution in [0.5, 0.6) is 0 Å². The van der Waals surface area contributed by atoms with Crippen LogP contribution in [-0.2, 0) is 30.6 Å². The number of benzene rings is 2. The van der Waals surface area contributed by atoms with E-state index in [1.165, 1.54) is 28.8 Å². The van der Waals surface area contributed by atoms with Gasteiger partial charge >= 0.3 is 0 Å². The molecule has 0 aliphatic heterocycles. The smallest absolute Gasteiger partial charge is 0.263 e. The predicted molar refractivity (Wildman–Crippen MR) is 137 cm³/mol. The molecule has 5 nitrogen and oxygen atoms in total. The number of thioether (sulfide) groups is 1. The van der Waals surface area contributed by atoms with Crippen LogP contribution in [0.4, 0.5) is 10.1 Å². The summed E-state index contributed by atoms with van der Waals surface area (Å²) in [6, 6.07) is 14.3. The van der Waals surface area contributed by atoms with Crippen molar-refractivity contribution in [1.29, 1.82) is 0 Å². The second kappa shape index (κ2) is 9.72. The Morgan fingerprint density at radius 1 is 1.21 bits per heavy atom. The average molecular weight is 494 g/mol. The summed E-state index contributed by atoms with van der Waals surface area (Å²) >= 11 is 2.84. The van der Waals surface area contributed by atoms with Gasteiger partial charge in [-0.1, -0.05) is 48.2 Å². The van der Waals surface area contributed by atoms with Crippen molar-refractivity contribution in [3.63, 3.8) is 0 Å². The van der Waals surface area contributed by atoms with E-state index in [0.717, 1.165) is 46.2 Å². The first kappa shape index (κ1) is 22.8. The first-order valence-corrected chi connectivity index (χ1v) is 13.1. The van der Waals surface area contributed by atoms with Crippen molar-refractivity contribution in [2.24, 2.45) is 0 Å². The number of halogens is 1. The Bertz CT molecular complexity index is 1430. The lowest BCUT2D eigenvalue weighted by molar-refractivity contribution is -0.113. The number of nitrogens with zero attached hydrogens (tertiary/aromatic N) is 2. The average Bonchev–Trinajstić information content (AvgIpc) is 3.41. The molecule has 0 saturated heterocycles. The van der Waals surface area contributed by atoms with E-state index in [-0.39, 0.29) is 17.2 Å². The molecule has 2 aromatic carbocycles. The van der Waals surface area contributed by atoms with Crippen LogP contribution >= 0.6 is 23.1 Å². The highest BCUT2D eigenvalue weighted by Gasteiger charge is 2.23. The number of fused-ring (bicyclic) bond motifs is 3. The standard InChI is InChI=1S/C26H24FN3O2S2/c1-16-10-11-18(27)14-20(16)28-22(31)15-33-26-29-24-23(19-8-5-9-21(19)34-24)25(32)30(26)13-12-17-6-3-2-4-7-17/h2-4,6-7,10-11,14H,5,8-9,12-13,15H2,1H3,(H,28,31). The molecule has 0 bridgehead atoms. The van der Waals surface area contributed by atoms with Crippen LogP contribution in [0.25, 0.3) is 10.2 Å². The molecular weight excluding hydrogens is 469 g/mol. The van der Waals surface area contributed by atoms with Gasteiger partial charge in [0.15, 0.2) is 5.16 Å². The Morgan fingerprint density at radius 3 is 2.85 bits per heavy atom. The number of carbonyl (C=O) groups excluding carboxylic acids is 1. The number of rotatable bonds is 7. The molecule has 0 fully saturated rings. The number of nitrogens with one attached hydrogen (secondary N) is 1. The second-order valence-corrected chi connectivity index (χ2v) is 10.4. The highest BCUT2D eigenvalue weighted by Crippen LogP contribution is 2.35. The third-order valence-electron chi connectivity index (χ3n) is 6.06. The third-order valence-corrected chi connectivity index (χ3v) is 8.22. The van der Waals surface area contributed by atoms with Gasteiger partial charge in [-0.25, -0.2) is 9.37 Å². The lowest BCUT2D eigenvalue weighted by atomic mass is 10.1. The Kier molecular flexibility index (Phi) is 6.52. The number of anilines is 1. The van der Waals surface area contributed by atoms with Crippen LogP contribution < -0.4 is 10.9 Å². The summed E-state index contributed by atoms with van der Waals surface area (Å²) in [5.41, 5.74) is 3.50. The zero-order valence-corrected chi connectivity index (χ0v) is 20.4. The molecule has 0 radical (unpaired) electrons. The maximum atomic E-state index is 13.6. The van der Waals surface area contributed by atoms with Crippen LogP contribution in [0.3, 0.4) is 0 Å². The molecule has 8 heteroatoms. The fourth-order valence-electron chi connectivity index (χ4n) is 4.30. The fourth-order valence-corrected chi connectivity index (χ4v) is 6.42. The topological polar surface area (TPSA) is 64.0 Å². The van der Waals surface area contributed by atoms with Gasteiger partial charge in [-0.2, -0.15) is 0 Å². The van der Waals surface area contributed by atoms with Crippen molar-refractivity contribution in [3.8, 4) is 0 Å². The molecule has 0 saturated carbocycles. The van der Waals surface area contributed by atoms with Crippen molar-refractivity contribution < 1.29 is 9.18 Å². The molecule has 2 aromatic heterocycles. The van der Waals surface area contributed by atoms with Crippen LogP contribution in [0.2, 0.25) is 0 Å². The number of aryl methyl sites for hydroxylation is 4. The first-order valence-electron chi connectivity index (χ1n) is 11.3. The molecule has 174 valence electrons. The van der Waals surface area contributed by atoms with Gasteiger partial charge < -0.3 is 5.32 Å². The highest BCUT2D eigenvalue weighted by atomic mass is 32.2. The minimum Gasteiger partial charge on any atom is -0.325 e. The molecule has 0 unspecified atom stereocenters. The molecule has 34 heavy (non-hydrogen) atoms. The van der Waals surface area contributed by atoms with Gasteiger partial charge in [-0.3, -0.25) is 14.2 Å². The summed E-state index contributed by atoms with van der Waals surface area (Å²) in [4.78, 5) is 33.1. The number of hydrogen-bond acceptors (Lipinski definition) is 5. The molecule has 2 heterocycles. The van der Waals surface area contributed by atoms with Crippen molar-refractivity contribution in [3.05, 3.63) is 86.3 Å². The van der Waals surface area contributed by atoms with Gasteiger partial charge in [0, 0.05) is 17.1 Å². The summed E-state index contributed by atoms with van der Waals surface area (Å²) in [5, 5.41) is 4.06. The summed E-state index contributed by atoms with van der Waals surface area (Å²) < 4.78 is 15.3. The van der Waals surface area contributed by atoms with E-state index in [4.69, 9.17) is 4.98 Å². The maximum absolute atomic E-state index is 13.6. The maximum Gasteiger partial charge on any atom is 0.263 e. The minimum absolute atomic E-state index is 0.0239. The molecule has 5 rings (SSSR count). The number of hydrogen-bond donors (Lipinski definition) is 1. The molecule has 4 aromatic rings. The van der Waals surface area contributed by atoms with Crippen LogP contribution in [0.1, 0.15) is 28.0 Å². The molecule has 0 spiro atoms. The van der Waals surface area contributed by atoms with E-state index < -0.39 is 5.82 Å². The number of thiophene rings is 1. The Morgan fingerprint density at radius 2 is 2.03 bits per heavy atom. The van der Waals surface area contributed by atoms with E-state index in [9.17, 15) is 14.0 Å². The van der Waals surface area contributed by atoms with Gasteiger partial charge in [0.1, 0.15) is 10.6 Å². The minimum atomic E-state index is -0.402. The van der Waals surface area contributed by atoms with Crippen molar-refractivity contribution >= 4 is 44.9 Å². The number of carbonyl (C=O) groups is 1. The highest BCUT2D eigenvalue weighted by molar-refractivity contribution is 7.99. The van der Waals surface area contributed by atoms with Crippen molar-refractivity contribution in [1.82, 2.24) is 9.55 Å². The quantitative estimate of drug-likeness (QED) is 0.278. The summed E-state index contributed by atoms with van der Waals surface area (Å²) in [5.74, 6) is -0.595. The number of aromatic nitrogens is 2. The van der Waals surface area contributed by atoms with E-state index in [1.54, 1.807) is 22.0 Å². The molecule has 1 N–H and O–H groups in total. The van der Waals surface area contributed by atoms with Crippen LogP contribution in [0, 0.1) is 12.7 Å². The zero-order chi connectivity index (χ0) is 23.7. The van der Waals surface area contributed by atoms with Gasteiger partial charge in [-0.15, -0.1) is 11.3 Å². The largest absolute Gasteiger partial charge is 0.325 e. The monoisotopic (exact) mass is 493 g/mol. The SMILES string of the molecule is Cc1ccc(F)cc1NC(=O)CSc1nc2sc3c(c2c(=O)n1CCc1ccccc1)CCC3. The van der Waals surface area contributed by atoms with Crippen molar-refractivity contribution in [2.75, 3.05) is 11.1 Å². The summed E-state index contributed by atoms with van der Waals surface area (Å²) in [6.07, 6.45) is 3.70. The lowest BCUT2D eigenvalue weighted by Gasteiger charge is -2.13. The molecule has 0 atom stereocenters. The summed E-state index contributed by atoms with van der Waals surface area (Å²) in [7, 11) is 0. The Balaban J connectivity index is 1.42. The van der Waals surface area contributed by atoms with E-state index in [0.29, 0.717) is 23.8 Å². The predicted octanol–water partition coefficient (Wildman–Crippen LogP) is 5.37. The van der Waals surface area contributed by atoms with Gasteiger partial charge in [0.25, 0.3) is 5.56 Å². The van der Waals surface area contributed by atoms with Crippen LogP contribution in [0.15, 0.2) is 58.5 Å². The normalized spacial score (nSPS) is 12.8. The van der Waals surface area contributed by atoms with Crippen LogP contribution in [-0.4, -0.2) is 21.2 Å². The molecule has 1 aliphatic rings. The fraction of sp³-hybridized carbons (Fsp3) is 0.269. The second-order valence-electron chi connectivity index (χ2n) is 8.42. The van der Waals surface area contributed by atoms with E-state index in [1.807, 2.05) is 37.3 Å². The van der Waals surface area contributed by atoms with E-state index in [2.05, 4.69) is 5.32 Å². The van der Waals surface area contributed by atoms with Gasteiger partial charge in [0.05, 0.1) is 11.1 Å². The third kappa shape index (κ3) is 4.65. The first-order chi connectivity index (χ1) is 16.5. The van der Waals surface area contributed by atoms with Crippen molar-refractivity contribution in [2.45, 2.75) is 44.3 Å². The molecular formula is C26H24FN3O2S2. The Labute approximate surface area is 205 Å². The van der Waals surface area contributed by atoms with E-state index >= 15 is 0 Å².